The van der Waals surface area contributed by atoms with Gasteiger partial charge < -0.3 is 15.4 Å². The Labute approximate surface area is 113 Å². The minimum absolute atomic E-state index is 0.365. The molecular formula is C14H21N3O2. The van der Waals surface area contributed by atoms with Gasteiger partial charge in [0.1, 0.15) is 5.69 Å². The van der Waals surface area contributed by atoms with E-state index in [4.69, 9.17) is 10.5 Å². The topological polar surface area (TPSA) is 68.5 Å². The standard InChI is InChI=1S/C14H21N3O2/c1-19-14(18)13-10-12(3-7-16-13)17-8-4-11(2-6-15)5-9-17/h3,7,10-11H,2,4-6,8-9,15H2,1H3. The van der Waals surface area contributed by atoms with Gasteiger partial charge in [-0.25, -0.2) is 9.78 Å². The molecule has 1 aromatic rings. The number of esters is 1. The maximum atomic E-state index is 11.5. The van der Waals surface area contributed by atoms with Crippen molar-refractivity contribution in [3.05, 3.63) is 24.0 Å². The molecule has 2 N–H and O–H groups in total. The summed E-state index contributed by atoms with van der Waals surface area (Å²) in [5.74, 6) is 0.350. The van der Waals surface area contributed by atoms with Crippen LogP contribution in [0.15, 0.2) is 18.3 Å². The first-order valence-corrected chi connectivity index (χ1v) is 6.74. The molecule has 1 fully saturated rings. The van der Waals surface area contributed by atoms with E-state index < -0.39 is 0 Å². The number of nitrogens with zero attached hydrogens (tertiary/aromatic N) is 2. The summed E-state index contributed by atoms with van der Waals surface area (Å²) in [4.78, 5) is 17.8. The molecule has 0 saturated carbocycles. The molecule has 1 aliphatic rings. The molecule has 2 heterocycles. The minimum Gasteiger partial charge on any atom is -0.464 e. The van der Waals surface area contributed by atoms with E-state index in [-0.39, 0.29) is 5.97 Å². The number of hydrogen-bond donors (Lipinski definition) is 1. The maximum absolute atomic E-state index is 11.5. The lowest BCUT2D eigenvalue weighted by Gasteiger charge is -2.33. The Balaban J connectivity index is 2.01. The van der Waals surface area contributed by atoms with E-state index in [1.165, 1.54) is 7.11 Å². The highest BCUT2D eigenvalue weighted by Gasteiger charge is 2.19. The molecule has 0 bridgehead atoms. The van der Waals surface area contributed by atoms with Crippen LogP contribution in [0.4, 0.5) is 5.69 Å². The van der Waals surface area contributed by atoms with Crippen LogP contribution in [0, 0.1) is 5.92 Å². The van der Waals surface area contributed by atoms with Gasteiger partial charge in [-0.3, -0.25) is 0 Å². The number of anilines is 1. The Kier molecular flexibility index (Phi) is 4.74. The second kappa shape index (κ2) is 6.52. The summed E-state index contributed by atoms with van der Waals surface area (Å²) in [6.45, 7) is 2.79. The van der Waals surface area contributed by atoms with Gasteiger partial charge in [0.25, 0.3) is 0 Å². The number of piperidine rings is 1. The molecule has 0 radical (unpaired) electrons. The Hall–Kier alpha value is -1.62. The van der Waals surface area contributed by atoms with Crippen LogP contribution in [0.25, 0.3) is 0 Å². The highest BCUT2D eigenvalue weighted by Crippen LogP contribution is 2.25. The number of nitrogens with two attached hydrogens (primary N) is 1. The SMILES string of the molecule is COC(=O)c1cc(N2CCC(CCN)CC2)ccn1. The first kappa shape index (κ1) is 13.8. The third kappa shape index (κ3) is 3.44. The van der Waals surface area contributed by atoms with Crippen LogP contribution in [0.1, 0.15) is 29.8 Å². The molecule has 0 aromatic carbocycles. The van der Waals surface area contributed by atoms with Gasteiger partial charge in [-0.05, 0) is 43.9 Å². The van der Waals surface area contributed by atoms with Gasteiger partial charge in [0.2, 0.25) is 0 Å². The summed E-state index contributed by atoms with van der Waals surface area (Å²) in [6.07, 6.45) is 5.09. The van der Waals surface area contributed by atoms with Gasteiger partial charge >= 0.3 is 5.97 Å². The second-order valence-corrected chi connectivity index (χ2v) is 4.90. The molecule has 1 saturated heterocycles. The lowest BCUT2D eigenvalue weighted by Crippen LogP contribution is -2.34. The van der Waals surface area contributed by atoms with Crippen molar-refractivity contribution in [1.29, 1.82) is 0 Å². The van der Waals surface area contributed by atoms with Crippen LogP contribution in [-0.2, 0) is 4.74 Å². The smallest absolute Gasteiger partial charge is 0.356 e. The number of carbonyl (C=O) groups is 1. The van der Waals surface area contributed by atoms with E-state index >= 15 is 0 Å². The number of rotatable bonds is 4. The van der Waals surface area contributed by atoms with E-state index in [1.807, 2.05) is 6.07 Å². The zero-order valence-corrected chi connectivity index (χ0v) is 11.3. The van der Waals surface area contributed by atoms with Crippen molar-refractivity contribution in [2.45, 2.75) is 19.3 Å². The van der Waals surface area contributed by atoms with Crippen LogP contribution in [-0.4, -0.2) is 37.7 Å². The fraction of sp³-hybridized carbons (Fsp3) is 0.571. The molecule has 0 spiro atoms. The van der Waals surface area contributed by atoms with Gasteiger partial charge in [-0.15, -0.1) is 0 Å². The van der Waals surface area contributed by atoms with Gasteiger partial charge in [0.15, 0.2) is 0 Å². The summed E-state index contributed by atoms with van der Waals surface area (Å²) in [5, 5.41) is 0. The number of ether oxygens (including phenoxy) is 1. The molecule has 19 heavy (non-hydrogen) atoms. The number of carbonyl (C=O) groups excluding carboxylic acids is 1. The predicted octanol–water partition coefficient (Wildman–Crippen LogP) is 1.43. The average Bonchev–Trinajstić information content (AvgIpc) is 2.48. The Morgan fingerprint density at radius 1 is 1.53 bits per heavy atom. The van der Waals surface area contributed by atoms with E-state index in [2.05, 4.69) is 9.88 Å². The highest BCUT2D eigenvalue weighted by molar-refractivity contribution is 5.88. The monoisotopic (exact) mass is 263 g/mol. The van der Waals surface area contributed by atoms with Crippen molar-refractivity contribution in [2.75, 3.05) is 31.6 Å². The summed E-state index contributed by atoms with van der Waals surface area (Å²) in [7, 11) is 1.37. The molecule has 0 unspecified atom stereocenters. The second-order valence-electron chi connectivity index (χ2n) is 4.90. The summed E-state index contributed by atoms with van der Waals surface area (Å²) in [6, 6.07) is 3.74. The van der Waals surface area contributed by atoms with Crippen LogP contribution in [0.2, 0.25) is 0 Å². The largest absolute Gasteiger partial charge is 0.464 e. The van der Waals surface area contributed by atoms with E-state index in [1.54, 1.807) is 12.3 Å². The predicted molar refractivity (Wildman–Crippen MR) is 74.2 cm³/mol. The van der Waals surface area contributed by atoms with Crippen molar-refractivity contribution in [3.63, 3.8) is 0 Å². The fourth-order valence-electron chi connectivity index (χ4n) is 2.55. The summed E-state index contributed by atoms with van der Waals surface area (Å²) in [5.41, 5.74) is 7.01. The summed E-state index contributed by atoms with van der Waals surface area (Å²) >= 11 is 0. The zero-order chi connectivity index (χ0) is 13.7. The lowest BCUT2D eigenvalue weighted by atomic mass is 9.93. The fourth-order valence-corrected chi connectivity index (χ4v) is 2.55. The highest BCUT2D eigenvalue weighted by atomic mass is 16.5. The molecule has 0 aliphatic carbocycles. The molecule has 5 nitrogen and oxygen atoms in total. The third-order valence-electron chi connectivity index (χ3n) is 3.69. The number of pyridine rings is 1. The van der Waals surface area contributed by atoms with Gasteiger partial charge in [0.05, 0.1) is 7.11 Å². The Morgan fingerprint density at radius 2 is 2.26 bits per heavy atom. The van der Waals surface area contributed by atoms with E-state index in [0.717, 1.165) is 50.5 Å². The molecule has 0 amide bonds. The normalized spacial score (nSPS) is 16.4. The van der Waals surface area contributed by atoms with Crippen molar-refractivity contribution in [1.82, 2.24) is 4.98 Å². The number of hydrogen-bond acceptors (Lipinski definition) is 5. The zero-order valence-electron chi connectivity index (χ0n) is 11.3. The van der Waals surface area contributed by atoms with E-state index in [9.17, 15) is 4.79 Å². The maximum Gasteiger partial charge on any atom is 0.356 e. The number of methoxy groups -OCH3 is 1. The average molecular weight is 263 g/mol. The summed E-state index contributed by atoms with van der Waals surface area (Å²) < 4.78 is 4.69. The quantitative estimate of drug-likeness (QED) is 0.832. The Bertz CT molecular complexity index is 428. The van der Waals surface area contributed by atoms with Crippen molar-refractivity contribution in [3.8, 4) is 0 Å². The molecule has 104 valence electrons. The van der Waals surface area contributed by atoms with Crippen LogP contribution >= 0.6 is 0 Å². The van der Waals surface area contributed by atoms with Crippen LogP contribution in [0.3, 0.4) is 0 Å². The lowest BCUT2D eigenvalue weighted by molar-refractivity contribution is 0.0594. The molecular weight excluding hydrogens is 242 g/mol. The van der Waals surface area contributed by atoms with Crippen molar-refractivity contribution < 1.29 is 9.53 Å². The van der Waals surface area contributed by atoms with Gasteiger partial charge in [-0.1, -0.05) is 0 Å². The van der Waals surface area contributed by atoms with Crippen molar-refractivity contribution in [2.24, 2.45) is 11.7 Å². The van der Waals surface area contributed by atoms with E-state index in [0.29, 0.717) is 5.69 Å². The molecule has 1 aliphatic heterocycles. The first-order valence-electron chi connectivity index (χ1n) is 6.74. The van der Waals surface area contributed by atoms with Crippen LogP contribution in [0.5, 0.6) is 0 Å². The minimum atomic E-state index is -0.389. The number of aromatic nitrogens is 1. The first-order chi connectivity index (χ1) is 9.24. The Morgan fingerprint density at radius 3 is 2.89 bits per heavy atom. The van der Waals surface area contributed by atoms with Gasteiger partial charge in [-0.2, -0.15) is 0 Å². The molecule has 2 rings (SSSR count). The van der Waals surface area contributed by atoms with Crippen molar-refractivity contribution >= 4 is 11.7 Å². The molecule has 0 atom stereocenters. The van der Waals surface area contributed by atoms with Crippen LogP contribution < -0.4 is 10.6 Å². The third-order valence-corrected chi connectivity index (χ3v) is 3.69. The molecule has 1 aromatic heterocycles. The van der Waals surface area contributed by atoms with Gasteiger partial charge in [0, 0.05) is 25.0 Å². The molecule has 5 heteroatoms.